The Bertz CT molecular complexity index is 854. The van der Waals surface area contributed by atoms with Crippen LogP contribution in [0.25, 0.3) is 22.3 Å². The molecule has 0 unspecified atom stereocenters. The monoisotopic (exact) mass is 269 g/mol. The van der Waals surface area contributed by atoms with Crippen molar-refractivity contribution in [3.63, 3.8) is 0 Å². The summed E-state index contributed by atoms with van der Waals surface area (Å²) in [6.45, 7) is 4.06. The first-order valence-electron chi connectivity index (χ1n) is 6.76. The Morgan fingerprint density at radius 1 is 1.25 bits per heavy atom. The fourth-order valence-corrected chi connectivity index (χ4v) is 2.83. The van der Waals surface area contributed by atoms with Gasteiger partial charge in [0.15, 0.2) is 0 Å². The topological polar surface area (TPSA) is 78.5 Å². The zero-order chi connectivity index (χ0) is 13.7. The standard InChI is InChI=1S/C14H15N5O/c1-8-12(18-13-15-5-2-6-19(8)13)9-3-4-10-11(7-9)17-14(20)16-10/h3-4,7H,2,5-6H2,1H3,(H,15,18)(H2,16,17,20). The van der Waals surface area contributed by atoms with Crippen molar-refractivity contribution in [1.82, 2.24) is 19.5 Å². The molecule has 20 heavy (non-hydrogen) atoms. The van der Waals surface area contributed by atoms with E-state index in [1.807, 2.05) is 18.2 Å². The number of anilines is 1. The maximum atomic E-state index is 11.3. The van der Waals surface area contributed by atoms with Crippen LogP contribution in [-0.4, -0.2) is 26.1 Å². The molecular formula is C14H15N5O. The third-order valence-corrected chi connectivity index (χ3v) is 3.85. The molecule has 2 aromatic heterocycles. The molecule has 3 N–H and O–H groups in total. The second kappa shape index (κ2) is 4.00. The van der Waals surface area contributed by atoms with E-state index in [2.05, 4.69) is 31.8 Å². The molecule has 102 valence electrons. The summed E-state index contributed by atoms with van der Waals surface area (Å²) in [6, 6.07) is 5.87. The van der Waals surface area contributed by atoms with Gasteiger partial charge in [-0.15, -0.1) is 0 Å². The summed E-state index contributed by atoms with van der Waals surface area (Å²) in [4.78, 5) is 21.5. The molecule has 1 aliphatic rings. The van der Waals surface area contributed by atoms with E-state index in [4.69, 9.17) is 0 Å². The van der Waals surface area contributed by atoms with E-state index in [1.54, 1.807) is 0 Å². The number of nitrogens with one attached hydrogen (secondary N) is 3. The second-order valence-corrected chi connectivity index (χ2v) is 5.14. The summed E-state index contributed by atoms with van der Waals surface area (Å²) in [6.07, 6.45) is 1.12. The fourth-order valence-electron chi connectivity index (χ4n) is 2.83. The molecule has 0 fully saturated rings. The van der Waals surface area contributed by atoms with E-state index < -0.39 is 0 Å². The van der Waals surface area contributed by atoms with Gasteiger partial charge in [0.05, 0.1) is 16.7 Å². The Hall–Kier alpha value is -2.50. The smallest absolute Gasteiger partial charge is 0.323 e. The quantitative estimate of drug-likeness (QED) is 0.630. The number of nitrogens with zero attached hydrogens (tertiary/aromatic N) is 2. The van der Waals surface area contributed by atoms with Crippen LogP contribution in [0.15, 0.2) is 23.0 Å². The molecule has 6 nitrogen and oxygen atoms in total. The molecule has 0 amide bonds. The Morgan fingerprint density at radius 3 is 2.95 bits per heavy atom. The van der Waals surface area contributed by atoms with Crippen molar-refractivity contribution in [3.8, 4) is 11.3 Å². The maximum absolute atomic E-state index is 11.3. The van der Waals surface area contributed by atoms with Gasteiger partial charge in [0.25, 0.3) is 0 Å². The Kier molecular flexibility index (Phi) is 2.26. The summed E-state index contributed by atoms with van der Waals surface area (Å²) >= 11 is 0. The molecule has 0 aliphatic carbocycles. The second-order valence-electron chi connectivity index (χ2n) is 5.14. The van der Waals surface area contributed by atoms with Crippen LogP contribution in [0.4, 0.5) is 5.95 Å². The molecular weight excluding hydrogens is 254 g/mol. The SMILES string of the molecule is Cc1c(-c2ccc3[nH]c(=O)[nH]c3c2)nc2n1CCCN2. The Morgan fingerprint density at radius 2 is 2.10 bits per heavy atom. The number of rotatable bonds is 1. The van der Waals surface area contributed by atoms with Crippen molar-refractivity contribution < 1.29 is 0 Å². The van der Waals surface area contributed by atoms with Crippen molar-refractivity contribution in [2.75, 3.05) is 11.9 Å². The average Bonchev–Trinajstić information content (AvgIpc) is 2.98. The lowest BCUT2D eigenvalue weighted by molar-refractivity contribution is 0.615. The van der Waals surface area contributed by atoms with Crippen LogP contribution < -0.4 is 11.0 Å². The molecule has 0 atom stereocenters. The van der Waals surface area contributed by atoms with E-state index in [1.165, 1.54) is 0 Å². The lowest BCUT2D eigenvalue weighted by Crippen LogP contribution is -2.17. The highest BCUT2D eigenvalue weighted by Gasteiger charge is 2.17. The first kappa shape index (κ1) is 11.3. The van der Waals surface area contributed by atoms with Gasteiger partial charge in [0.1, 0.15) is 0 Å². The molecule has 3 heterocycles. The predicted octanol–water partition coefficient (Wildman–Crippen LogP) is 1.84. The van der Waals surface area contributed by atoms with E-state index >= 15 is 0 Å². The zero-order valence-electron chi connectivity index (χ0n) is 11.2. The average molecular weight is 269 g/mol. The molecule has 1 aliphatic heterocycles. The van der Waals surface area contributed by atoms with Gasteiger partial charge in [-0.3, -0.25) is 0 Å². The van der Waals surface area contributed by atoms with E-state index in [-0.39, 0.29) is 5.69 Å². The van der Waals surface area contributed by atoms with Crippen LogP contribution in [0, 0.1) is 6.92 Å². The number of aromatic nitrogens is 4. The number of aromatic amines is 2. The van der Waals surface area contributed by atoms with Crippen LogP contribution in [0.1, 0.15) is 12.1 Å². The lowest BCUT2D eigenvalue weighted by Gasteiger charge is -2.16. The van der Waals surface area contributed by atoms with Gasteiger partial charge >= 0.3 is 5.69 Å². The molecule has 6 heteroatoms. The minimum absolute atomic E-state index is 0.181. The number of benzene rings is 1. The summed E-state index contributed by atoms with van der Waals surface area (Å²) in [5.41, 5.74) is 4.60. The van der Waals surface area contributed by atoms with Gasteiger partial charge in [0, 0.05) is 24.3 Å². The summed E-state index contributed by atoms with van der Waals surface area (Å²) in [5, 5.41) is 3.32. The number of imidazole rings is 2. The van der Waals surface area contributed by atoms with E-state index in [9.17, 15) is 4.79 Å². The molecule has 0 saturated carbocycles. The van der Waals surface area contributed by atoms with Crippen molar-refractivity contribution in [2.24, 2.45) is 0 Å². The zero-order valence-corrected chi connectivity index (χ0v) is 11.2. The van der Waals surface area contributed by atoms with Crippen molar-refractivity contribution in [1.29, 1.82) is 0 Å². The molecule has 0 bridgehead atoms. The highest BCUT2D eigenvalue weighted by Crippen LogP contribution is 2.29. The highest BCUT2D eigenvalue weighted by atomic mass is 16.1. The van der Waals surface area contributed by atoms with E-state index in [0.717, 1.165) is 53.4 Å². The van der Waals surface area contributed by atoms with Crippen LogP contribution >= 0.6 is 0 Å². The van der Waals surface area contributed by atoms with E-state index in [0.29, 0.717) is 0 Å². The largest absolute Gasteiger partial charge is 0.356 e. The Labute approximate surface area is 114 Å². The van der Waals surface area contributed by atoms with Crippen molar-refractivity contribution in [2.45, 2.75) is 19.9 Å². The normalized spacial score (nSPS) is 14.2. The number of H-pyrrole nitrogens is 2. The summed E-state index contributed by atoms with van der Waals surface area (Å²) in [5.74, 6) is 0.936. The van der Waals surface area contributed by atoms with Gasteiger partial charge < -0.3 is 19.9 Å². The van der Waals surface area contributed by atoms with Gasteiger partial charge in [0.2, 0.25) is 5.95 Å². The van der Waals surface area contributed by atoms with Gasteiger partial charge in [-0.25, -0.2) is 9.78 Å². The van der Waals surface area contributed by atoms with Crippen LogP contribution in [-0.2, 0) is 6.54 Å². The molecule has 3 aromatic rings. The molecule has 0 spiro atoms. The molecule has 0 radical (unpaired) electrons. The van der Waals surface area contributed by atoms with Crippen LogP contribution in [0.3, 0.4) is 0 Å². The van der Waals surface area contributed by atoms with Crippen LogP contribution in [0.5, 0.6) is 0 Å². The first-order chi connectivity index (χ1) is 9.72. The highest BCUT2D eigenvalue weighted by molar-refractivity contribution is 5.81. The first-order valence-corrected chi connectivity index (χ1v) is 6.76. The van der Waals surface area contributed by atoms with Crippen LogP contribution in [0.2, 0.25) is 0 Å². The third kappa shape index (κ3) is 1.57. The fraction of sp³-hybridized carbons (Fsp3) is 0.286. The molecule has 1 aromatic carbocycles. The van der Waals surface area contributed by atoms with Crippen molar-refractivity contribution in [3.05, 3.63) is 34.4 Å². The van der Waals surface area contributed by atoms with Gasteiger partial charge in [-0.05, 0) is 25.5 Å². The van der Waals surface area contributed by atoms with Gasteiger partial charge in [-0.2, -0.15) is 0 Å². The minimum atomic E-state index is -0.181. The summed E-state index contributed by atoms with van der Waals surface area (Å²) in [7, 11) is 0. The maximum Gasteiger partial charge on any atom is 0.323 e. The third-order valence-electron chi connectivity index (χ3n) is 3.85. The van der Waals surface area contributed by atoms with Gasteiger partial charge in [-0.1, -0.05) is 6.07 Å². The minimum Gasteiger partial charge on any atom is -0.356 e. The molecule has 0 saturated heterocycles. The number of hydrogen-bond donors (Lipinski definition) is 3. The summed E-state index contributed by atoms with van der Waals surface area (Å²) < 4.78 is 2.21. The van der Waals surface area contributed by atoms with Crippen molar-refractivity contribution >= 4 is 17.0 Å². The number of fused-ring (bicyclic) bond motifs is 2. The Balaban J connectivity index is 1.90. The number of hydrogen-bond acceptors (Lipinski definition) is 3. The molecule has 4 rings (SSSR count). The predicted molar refractivity (Wildman–Crippen MR) is 78.0 cm³/mol. The lowest BCUT2D eigenvalue weighted by atomic mass is 10.1.